The molecule has 0 radical (unpaired) electrons. The van der Waals surface area contributed by atoms with Crippen molar-refractivity contribution < 1.29 is 13.2 Å². The van der Waals surface area contributed by atoms with Gasteiger partial charge in [0.05, 0.1) is 12.8 Å². The molecule has 0 spiro atoms. The highest BCUT2D eigenvalue weighted by atomic mass is 79.9. The molecule has 2 rings (SSSR count). The lowest BCUT2D eigenvalue weighted by molar-refractivity contribution is 0.415. The van der Waals surface area contributed by atoms with Crippen LogP contribution in [-0.2, 0) is 10.0 Å². The molecule has 0 fully saturated rings. The smallest absolute Gasteiger partial charge is 0.263 e. The van der Waals surface area contributed by atoms with Gasteiger partial charge in [0.1, 0.15) is 15.8 Å². The third-order valence-corrected chi connectivity index (χ3v) is 4.42. The molecule has 0 atom stereocenters. The van der Waals surface area contributed by atoms with Crippen LogP contribution in [0, 0.1) is 0 Å². The Hall–Kier alpha value is -1.31. The lowest BCUT2D eigenvalue weighted by Crippen LogP contribution is -2.13. The number of methoxy groups -OCH3 is 1. The first-order valence-electron chi connectivity index (χ1n) is 5.40. The number of ether oxygens (including phenoxy) is 1. The van der Waals surface area contributed by atoms with Crippen molar-refractivity contribution in [1.82, 2.24) is 4.98 Å². The molecule has 106 valence electrons. The molecule has 1 N–H and O–H groups in total. The summed E-state index contributed by atoms with van der Waals surface area (Å²) in [5, 5.41) is 0.230. The van der Waals surface area contributed by atoms with Crippen LogP contribution in [-0.4, -0.2) is 20.5 Å². The molecule has 0 saturated carbocycles. The van der Waals surface area contributed by atoms with Crippen LogP contribution in [0.5, 0.6) is 5.75 Å². The highest BCUT2D eigenvalue weighted by molar-refractivity contribution is 9.10. The molecule has 5 nitrogen and oxygen atoms in total. The van der Waals surface area contributed by atoms with Crippen molar-refractivity contribution in [1.29, 1.82) is 0 Å². The van der Waals surface area contributed by atoms with Crippen LogP contribution in [0.15, 0.2) is 45.9 Å². The van der Waals surface area contributed by atoms with Gasteiger partial charge in [-0.05, 0) is 24.3 Å². The summed E-state index contributed by atoms with van der Waals surface area (Å²) in [5.74, 6) is 0.534. The van der Waals surface area contributed by atoms with Gasteiger partial charge in [0.2, 0.25) is 0 Å². The minimum absolute atomic E-state index is 0.0286. The van der Waals surface area contributed by atoms with Crippen LogP contribution in [0.4, 0.5) is 5.69 Å². The molecular weight excluding hydrogens is 368 g/mol. The zero-order valence-electron chi connectivity index (χ0n) is 10.3. The molecule has 1 aromatic carbocycles. The molecule has 0 aliphatic rings. The van der Waals surface area contributed by atoms with Crippen molar-refractivity contribution >= 4 is 43.2 Å². The zero-order valence-corrected chi connectivity index (χ0v) is 13.5. The van der Waals surface area contributed by atoms with Gasteiger partial charge in [-0.1, -0.05) is 27.5 Å². The van der Waals surface area contributed by atoms with Crippen LogP contribution >= 0.6 is 27.5 Å². The zero-order chi connectivity index (χ0) is 14.8. The van der Waals surface area contributed by atoms with Crippen molar-refractivity contribution in [3.63, 3.8) is 0 Å². The number of nitrogens with zero attached hydrogens (tertiary/aromatic N) is 1. The van der Waals surface area contributed by atoms with Gasteiger partial charge in [-0.2, -0.15) is 0 Å². The Labute approximate surface area is 130 Å². The number of benzene rings is 1. The highest BCUT2D eigenvalue weighted by Crippen LogP contribution is 2.26. The quantitative estimate of drug-likeness (QED) is 0.830. The number of anilines is 1. The molecule has 0 saturated heterocycles. The summed E-state index contributed by atoms with van der Waals surface area (Å²) in [6, 6.07) is 7.72. The molecule has 0 amide bonds. The summed E-state index contributed by atoms with van der Waals surface area (Å²) in [7, 11) is -2.22. The number of aromatic nitrogens is 1. The van der Waals surface area contributed by atoms with E-state index in [1.54, 1.807) is 18.2 Å². The van der Waals surface area contributed by atoms with Crippen molar-refractivity contribution in [3.05, 3.63) is 46.2 Å². The molecule has 0 aliphatic heterocycles. The van der Waals surface area contributed by atoms with Gasteiger partial charge in [0, 0.05) is 16.7 Å². The van der Waals surface area contributed by atoms with E-state index in [0.717, 1.165) is 0 Å². The van der Waals surface area contributed by atoms with Gasteiger partial charge in [0.25, 0.3) is 10.0 Å². The van der Waals surface area contributed by atoms with Gasteiger partial charge < -0.3 is 4.74 Å². The number of rotatable bonds is 4. The summed E-state index contributed by atoms with van der Waals surface area (Å²) < 4.78 is 32.6. The predicted octanol–water partition coefficient (Wildman–Crippen LogP) is 3.31. The topological polar surface area (TPSA) is 68.3 Å². The second-order valence-electron chi connectivity index (χ2n) is 3.80. The molecule has 0 unspecified atom stereocenters. The molecular formula is C12H10BrClN2O3S. The molecule has 0 bridgehead atoms. The Morgan fingerprint density at radius 1 is 1.30 bits per heavy atom. The summed E-state index contributed by atoms with van der Waals surface area (Å²) in [4.78, 5) is 3.78. The Bertz CT molecular complexity index is 720. The van der Waals surface area contributed by atoms with Crippen LogP contribution in [0.1, 0.15) is 0 Å². The van der Waals surface area contributed by atoms with Crippen molar-refractivity contribution in [3.8, 4) is 5.75 Å². The molecule has 1 aromatic heterocycles. The highest BCUT2D eigenvalue weighted by Gasteiger charge is 2.15. The average molecular weight is 378 g/mol. The molecule has 2 aromatic rings. The number of hydrogen-bond donors (Lipinski definition) is 1. The Morgan fingerprint density at radius 3 is 2.65 bits per heavy atom. The minimum Gasteiger partial charge on any atom is -0.497 e. The summed E-state index contributed by atoms with van der Waals surface area (Å²) >= 11 is 8.92. The fourth-order valence-electron chi connectivity index (χ4n) is 1.47. The van der Waals surface area contributed by atoms with Gasteiger partial charge in [0.15, 0.2) is 0 Å². The number of halogens is 2. The van der Waals surface area contributed by atoms with E-state index in [4.69, 9.17) is 16.3 Å². The Balaban J connectivity index is 2.33. The van der Waals surface area contributed by atoms with E-state index in [2.05, 4.69) is 25.6 Å². The SMILES string of the molecule is COc1cc(Br)cc(NS(=O)(=O)c2ccc(Cl)nc2)c1. The second kappa shape index (κ2) is 5.99. The normalized spacial score (nSPS) is 11.2. The maximum atomic E-state index is 12.2. The molecule has 0 aliphatic carbocycles. The lowest BCUT2D eigenvalue weighted by Gasteiger charge is -2.10. The van der Waals surface area contributed by atoms with E-state index < -0.39 is 10.0 Å². The van der Waals surface area contributed by atoms with E-state index in [0.29, 0.717) is 15.9 Å². The van der Waals surface area contributed by atoms with Crippen molar-refractivity contribution in [2.24, 2.45) is 0 Å². The van der Waals surface area contributed by atoms with E-state index in [1.807, 2.05) is 0 Å². The minimum atomic E-state index is -3.72. The maximum Gasteiger partial charge on any atom is 0.263 e. The van der Waals surface area contributed by atoms with Gasteiger partial charge >= 0.3 is 0 Å². The molecule has 1 heterocycles. The maximum absolute atomic E-state index is 12.2. The summed E-state index contributed by atoms with van der Waals surface area (Å²) in [6.45, 7) is 0. The number of sulfonamides is 1. The number of nitrogens with one attached hydrogen (secondary N) is 1. The molecule has 20 heavy (non-hydrogen) atoms. The lowest BCUT2D eigenvalue weighted by atomic mass is 10.3. The van der Waals surface area contributed by atoms with Crippen molar-refractivity contribution in [2.45, 2.75) is 4.90 Å². The van der Waals surface area contributed by atoms with Gasteiger partial charge in [-0.25, -0.2) is 13.4 Å². The van der Waals surface area contributed by atoms with Gasteiger partial charge in [-0.3, -0.25) is 4.72 Å². The van der Waals surface area contributed by atoms with Crippen LogP contribution < -0.4 is 9.46 Å². The van der Waals surface area contributed by atoms with Crippen molar-refractivity contribution in [2.75, 3.05) is 11.8 Å². The first-order chi connectivity index (χ1) is 9.40. The Kier molecular flexibility index (Phi) is 4.52. The number of hydrogen-bond acceptors (Lipinski definition) is 4. The van der Waals surface area contributed by atoms with E-state index in [1.165, 1.54) is 25.4 Å². The van der Waals surface area contributed by atoms with Crippen LogP contribution in [0.25, 0.3) is 0 Å². The summed E-state index contributed by atoms with van der Waals surface area (Å²) in [5.41, 5.74) is 0.381. The fraction of sp³-hybridized carbons (Fsp3) is 0.0833. The average Bonchev–Trinajstić information content (AvgIpc) is 2.37. The van der Waals surface area contributed by atoms with Crippen LogP contribution in [0.2, 0.25) is 5.15 Å². The third kappa shape index (κ3) is 3.62. The second-order valence-corrected chi connectivity index (χ2v) is 6.79. The fourth-order valence-corrected chi connectivity index (χ4v) is 3.04. The van der Waals surface area contributed by atoms with E-state index in [-0.39, 0.29) is 10.0 Å². The van der Waals surface area contributed by atoms with Crippen LogP contribution in [0.3, 0.4) is 0 Å². The van der Waals surface area contributed by atoms with E-state index in [9.17, 15) is 8.42 Å². The Morgan fingerprint density at radius 2 is 2.05 bits per heavy atom. The number of pyridine rings is 1. The summed E-state index contributed by atoms with van der Waals surface area (Å²) in [6.07, 6.45) is 1.19. The first-order valence-corrected chi connectivity index (χ1v) is 8.05. The monoisotopic (exact) mass is 376 g/mol. The third-order valence-electron chi connectivity index (χ3n) is 2.37. The standard InChI is InChI=1S/C12H10BrClN2O3S/c1-19-10-5-8(13)4-9(6-10)16-20(17,18)11-2-3-12(14)15-7-11/h2-7,16H,1H3. The predicted molar refractivity (Wildman–Crippen MR) is 80.7 cm³/mol. The van der Waals surface area contributed by atoms with Gasteiger partial charge in [-0.15, -0.1) is 0 Å². The van der Waals surface area contributed by atoms with E-state index >= 15 is 0 Å². The first kappa shape index (κ1) is 15.1. The largest absolute Gasteiger partial charge is 0.497 e. The molecule has 8 heteroatoms.